The lowest BCUT2D eigenvalue weighted by Gasteiger charge is -2.25. The van der Waals surface area contributed by atoms with Crippen molar-refractivity contribution >= 4 is 5.78 Å². The number of rotatable bonds is 4. The van der Waals surface area contributed by atoms with E-state index in [4.69, 9.17) is 0 Å². The molecule has 0 aromatic heterocycles. The molecular formula is C10H17NO. The fourth-order valence-corrected chi connectivity index (χ4v) is 1.55. The molecule has 1 saturated heterocycles. The maximum absolute atomic E-state index is 10.9. The highest BCUT2D eigenvalue weighted by atomic mass is 16.1. The Morgan fingerprint density at radius 3 is 2.58 bits per heavy atom. The highest BCUT2D eigenvalue weighted by Crippen LogP contribution is 2.08. The minimum atomic E-state index is 0.167. The molecule has 2 heteroatoms. The fourth-order valence-electron chi connectivity index (χ4n) is 1.55. The van der Waals surface area contributed by atoms with E-state index >= 15 is 0 Å². The Bertz CT molecular complexity index is 159. The Kier molecular flexibility index (Phi) is 4.01. The second kappa shape index (κ2) is 5.09. The van der Waals surface area contributed by atoms with E-state index in [-0.39, 0.29) is 5.78 Å². The summed E-state index contributed by atoms with van der Waals surface area (Å²) >= 11 is 0. The molecular weight excluding hydrogens is 150 g/mol. The molecule has 1 rings (SSSR count). The summed E-state index contributed by atoms with van der Waals surface area (Å²) in [5.41, 5.74) is 0. The molecule has 0 aromatic rings. The normalized spacial score (nSPS) is 19.0. The molecule has 0 atom stereocenters. The molecule has 0 spiro atoms. The van der Waals surface area contributed by atoms with Gasteiger partial charge in [0.2, 0.25) is 0 Å². The summed E-state index contributed by atoms with van der Waals surface area (Å²) in [6, 6.07) is 0. The number of carbonyl (C=O) groups excluding carboxylic acids is 1. The lowest BCUT2D eigenvalue weighted by Crippen LogP contribution is -2.31. The first-order chi connectivity index (χ1) is 5.83. The van der Waals surface area contributed by atoms with Gasteiger partial charge in [0, 0.05) is 13.0 Å². The molecule has 0 aliphatic carbocycles. The van der Waals surface area contributed by atoms with Crippen molar-refractivity contribution in [1.29, 1.82) is 0 Å². The lowest BCUT2D eigenvalue weighted by atomic mass is 10.1. The molecule has 1 heterocycles. The van der Waals surface area contributed by atoms with Gasteiger partial charge < -0.3 is 4.90 Å². The Balaban J connectivity index is 2.12. The van der Waals surface area contributed by atoms with Gasteiger partial charge in [-0.1, -0.05) is 13.0 Å². The van der Waals surface area contributed by atoms with Crippen LogP contribution in [0.25, 0.3) is 0 Å². The largest absolute Gasteiger partial charge is 0.303 e. The monoisotopic (exact) mass is 167 g/mol. The van der Waals surface area contributed by atoms with E-state index in [2.05, 4.69) is 11.5 Å². The number of carbonyl (C=O) groups is 1. The molecule has 0 saturated carbocycles. The molecule has 0 aromatic carbocycles. The lowest BCUT2D eigenvalue weighted by molar-refractivity contribution is -0.114. The zero-order valence-electron chi connectivity index (χ0n) is 7.59. The van der Waals surface area contributed by atoms with E-state index in [0.717, 1.165) is 6.54 Å². The van der Waals surface area contributed by atoms with Crippen molar-refractivity contribution in [2.45, 2.75) is 25.7 Å². The topological polar surface area (TPSA) is 20.3 Å². The molecule has 1 aliphatic rings. The minimum absolute atomic E-state index is 0.167. The number of ketones is 1. The highest BCUT2D eigenvalue weighted by Gasteiger charge is 2.09. The van der Waals surface area contributed by atoms with Gasteiger partial charge in [-0.2, -0.15) is 0 Å². The van der Waals surface area contributed by atoms with E-state index in [0.29, 0.717) is 6.42 Å². The Morgan fingerprint density at radius 2 is 2.00 bits per heavy atom. The van der Waals surface area contributed by atoms with Crippen molar-refractivity contribution in [3.8, 4) is 0 Å². The smallest absolute Gasteiger partial charge is 0.156 e. The Morgan fingerprint density at radius 1 is 1.33 bits per heavy atom. The van der Waals surface area contributed by atoms with Crippen molar-refractivity contribution in [1.82, 2.24) is 4.90 Å². The Hall–Kier alpha value is -0.630. The highest BCUT2D eigenvalue weighted by molar-refractivity contribution is 5.89. The van der Waals surface area contributed by atoms with E-state index in [1.54, 1.807) is 0 Å². The molecule has 1 aliphatic heterocycles. The molecule has 0 bridgehead atoms. The maximum Gasteiger partial charge on any atom is 0.156 e. The van der Waals surface area contributed by atoms with Crippen molar-refractivity contribution in [3.05, 3.63) is 12.7 Å². The molecule has 68 valence electrons. The molecule has 12 heavy (non-hydrogen) atoms. The summed E-state index contributed by atoms with van der Waals surface area (Å²) in [7, 11) is 0. The quantitative estimate of drug-likeness (QED) is 0.593. The second-order valence-corrected chi connectivity index (χ2v) is 3.32. The zero-order valence-corrected chi connectivity index (χ0v) is 7.59. The summed E-state index contributed by atoms with van der Waals surface area (Å²) in [4.78, 5) is 13.3. The molecule has 0 amide bonds. The maximum atomic E-state index is 10.9. The number of likely N-dealkylation sites (tertiary alicyclic amines) is 1. The molecule has 0 radical (unpaired) electrons. The van der Waals surface area contributed by atoms with Gasteiger partial charge in [-0.3, -0.25) is 4.79 Å². The average Bonchev–Trinajstić information content (AvgIpc) is 2.16. The standard InChI is InChI=1S/C10H17NO/c1-2-10(12)6-9-11-7-4-3-5-8-11/h2H,1,3-9H2. The van der Waals surface area contributed by atoms with Gasteiger partial charge >= 0.3 is 0 Å². The van der Waals surface area contributed by atoms with Gasteiger partial charge in [-0.15, -0.1) is 0 Å². The van der Waals surface area contributed by atoms with Crippen LogP contribution in [0, 0.1) is 0 Å². The summed E-state index contributed by atoms with van der Waals surface area (Å²) in [5, 5.41) is 0. The number of hydrogen-bond acceptors (Lipinski definition) is 2. The Labute approximate surface area is 74.2 Å². The van der Waals surface area contributed by atoms with Crippen molar-refractivity contribution < 1.29 is 4.79 Å². The first-order valence-electron chi connectivity index (χ1n) is 4.70. The van der Waals surface area contributed by atoms with Gasteiger partial charge in [0.15, 0.2) is 5.78 Å². The molecule has 0 N–H and O–H groups in total. The van der Waals surface area contributed by atoms with E-state index in [9.17, 15) is 4.79 Å². The average molecular weight is 167 g/mol. The van der Waals surface area contributed by atoms with Crippen LogP contribution >= 0.6 is 0 Å². The van der Waals surface area contributed by atoms with Crippen LogP contribution < -0.4 is 0 Å². The van der Waals surface area contributed by atoms with Crippen LogP contribution in [-0.4, -0.2) is 30.3 Å². The number of nitrogens with zero attached hydrogens (tertiary/aromatic N) is 1. The summed E-state index contributed by atoms with van der Waals surface area (Å²) in [5.74, 6) is 0.167. The summed E-state index contributed by atoms with van der Waals surface area (Å²) < 4.78 is 0. The van der Waals surface area contributed by atoms with E-state index in [1.165, 1.54) is 38.4 Å². The fraction of sp³-hybridized carbons (Fsp3) is 0.700. The second-order valence-electron chi connectivity index (χ2n) is 3.32. The number of allylic oxidation sites excluding steroid dienone is 1. The van der Waals surface area contributed by atoms with Crippen LogP contribution in [0.5, 0.6) is 0 Å². The number of hydrogen-bond donors (Lipinski definition) is 0. The van der Waals surface area contributed by atoms with Crippen LogP contribution in [-0.2, 0) is 4.79 Å². The third-order valence-electron chi connectivity index (χ3n) is 2.35. The minimum Gasteiger partial charge on any atom is -0.303 e. The van der Waals surface area contributed by atoms with Crippen molar-refractivity contribution in [2.75, 3.05) is 19.6 Å². The van der Waals surface area contributed by atoms with Crippen LogP contribution in [0.3, 0.4) is 0 Å². The molecule has 0 unspecified atom stereocenters. The van der Waals surface area contributed by atoms with Crippen LogP contribution in [0.15, 0.2) is 12.7 Å². The van der Waals surface area contributed by atoms with E-state index < -0.39 is 0 Å². The van der Waals surface area contributed by atoms with Gasteiger partial charge in [0.05, 0.1) is 0 Å². The summed E-state index contributed by atoms with van der Waals surface area (Å²) in [6.45, 7) is 6.72. The third-order valence-corrected chi connectivity index (χ3v) is 2.35. The van der Waals surface area contributed by atoms with Crippen molar-refractivity contribution in [3.63, 3.8) is 0 Å². The third kappa shape index (κ3) is 3.18. The van der Waals surface area contributed by atoms with Gasteiger partial charge in [0.1, 0.15) is 0 Å². The number of piperidine rings is 1. The van der Waals surface area contributed by atoms with Crippen LogP contribution in [0.2, 0.25) is 0 Å². The predicted molar refractivity (Wildman–Crippen MR) is 50.1 cm³/mol. The van der Waals surface area contributed by atoms with Gasteiger partial charge in [0.25, 0.3) is 0 Å². The molecule has 1 fully saturated rings. The predicted octanol–water partition coefficient (Wildman–Crippen LogP) is 1.62. The molecule has 2 nitrogen and oxygen atoms in total. The van der Waals surface area contributed by atoms with Crippen LogP contribution in [0.4, 0.5) is 0 Å². The van der Waals surface area contributed by atoms with E-state index in [1.807, 2.05) is 0 Å². The first-order valence-corrected chi connectivity index (χ1v) is 4.70. The van der Waals surface area contributed by atoms with Crippen LogP contribution in [0.1, 0.15) is 25.7 Å². The summed E-state index contributed by atoms with van der Waals surface area (Å²) in [6.07, 6.45) is 6.00. The van der Waals surface area contributed by atoms with Gasteiger partial charge in [-0.05, 0) is 32.0 Å². The van der Waals surface area contributed by atoms with Crippen molar-refractivity contribution in [2.24, 2.45) is 0 Å². The van der Waals surface area contributed by atoms with Gasteiger partial charge in [-0.25, -0.2) is 0 Å². The SMILES string of the molecule is C=CC(=O)CCN1CCCCC1. The first kappa shape index (κ1) is 9.46. The zero-order chi connectivity index (χ0) is 8.81.